The number of ether oxygens (including phenoxy) is 2. The van der Waals surface area contributed by atoms with Gasteiger partial charge < -0.3 is 24.0 Å². The topological polar surface area (TPSA) is 75.0 Å². The monoisotopic (exact) mass is 1030 g/mol. The van der Waals surface area contributed by atoms with Crippen LogP contribution in [-0.4, -0.2) is 24.5 Å². The smallest absolute Gasteiger partial charge is 0.502 e. The van der Waals surface area contributed by atoms with Crippen LogP contribution in [0.5, 0.6) is 23.0 Å². The molecule has 9 heteroatoms. The number of benzene rings is 6. The van der Waals surface area contributed by atoms with Gasteiger partial charge in [-0.3, -0.25) is 0 Å². The summed E-state index contributed by atoms with van der Waals surface area (Å²) in [5.41, 5.74) is 11.1. The van der Waals surface area contributed by atoms with E-state index in [0.29, 0.717) is 28.9 Å². The van der Waals surface area contributed by atoms with Crippen molar-refractivity contribution in [2.24, 2.45) is 0 Å². The van der Waals surface area contributed by atoms with Crippen molar-refractivity contribution in [2.45, 2.75) is 39.5 Å². The van der Waals surface area contributed by atoms with Gasteiger partial charge in [0.15, 0.2) is 0 Å². The molecule has 7 nitrogen and oxygen atoms in total. The van der Waals surface area contributed by atoms with Crippen LogP contribution in [0.25, 0.3) is 72.5 Å². The van der Waals surface area contributed by atoms with Gasteiger partial charge >= 0.3 is 40.8 Å². The number of hydrogen-bond acceptors (Lipinski definition) is 6. The molecule has 0 amide bonds. The van der Waals surface area contributed by atoms with Crippen molar-refractivity contribution in [1.82, 2.24) is 24.5 Å². The predicted octanol–water partition coefficient (Wildman–Crippen LogP) is 14.1. The summed E-state index contributed by atoms with van der Waals surface area (Å²) in [6.07, 6.45) is 7.06. The Morgan fingerprint density at radius 2 is 0.862 bits per heavy atom. The van der Waals surface area contributed by atoms with Gasteiger partial charge in [0.1, 0.15) is 0 Å². The number of hydrogen-bond donors (Lipinski definition) is 0. The Bertz CT molecular complexity index is 3020. The summed E-state index contributed by atoms with van der Waals surface area (Å²) in [6.45, 7) is 8.78. The molecule has 322 valence electrons. The Hall–Kier alpha value is -6.58. The van der Waals surface area contributed by atoms with Crippen LogP contribution in [0.15, 0.2) is 164 Å². The van der Waals surface area contributed by atoms with Crippen LogP contribution < -0.4 is 9.47 Å². The summed E-state index contributed by atoms with van der Waals surface area (Å²) in [6, 6.07) is 61.0. The number of aromatic nitrogens is 5. The summed E-state index contributed by atoms with van der Waals surface area (Å²) in [4.78, 5) is 18.8. The van der Waals surface area contributed by atoms with E-state index < -0.39 is 0 Å². The van der Waals surface area contributed by atoms with Crippen LogP contribution in [-0.2, 0) is 40.8 Å². The first-order valence-electron chi connectivity index (χ1n) is 21.1. The first-order valence-corrected chi connectivity index (χ1v) is 21.1. The zero-order valence-corrected chi connectivity index (χ0v) is 39.0. The zero-order chi connectivity index (χ0) is 42.9. The molecule has 10 rings (SSSR count). The van der Waals surface area contributed by atoms with E-state index in [9.17, 15) is 0 Å². The van der Waals surface area contributed by atoms with Crippen molar-refractivity contribution < 1.29 is 50.3 Å². The first kappa shape index (κ1) is 45.0. The van der Waals surface area contributed by atoms with Gasteiger partial charge in [-0.05, 0) is 41.4 Å². The Morgan fingerprint density at radius 3 is 1.26 bits per heavy atom. The van der Waals surface area contributed by atoms with Gasteiger partial charge in [0.05, 0.1) is 0 Å². The second kappa shape index (κ2) is 19.7. The molecule has 0 saturated heterocycles. The third-order valence-electron chi connectivity index (χ3n) is 11.1. The minimum absolute atomic E-state index is 0. The van der Waals surface area contributed by atoms with Crippen LogP contribution >= 0.6 is 0 Å². The first-order chi connectivity index (χ1) is 30.9. The average Bonchev–Trinajstić information content (AvgIpc) is 3.65. The molecular weight excluding hydrogens is 987 g/mol. The molecule has 0 aliphatic heterocycles. The van der Waals surface area contributed by atoms with Crippen LogP contribution in [0, 0.1) is 24.3 Å². The van der Waals surface area contributed by atoms with Gasteiger partial charge in [0.2, 0.25) is 5.95 Å². The molecule has 0 spiro atoms. The van der Waals surface area contributed by atoms with E-state index in [-0.39, 0.29) is 52.7 Å². The Kier molecular flexibility index (Phi) is 13.6. The molecule has 0 fully saturated rings. The van der Waals surface area contributed by atoms with Crippen molar-refractivity contribution in [3.8, 4) is 73.7 Å². The molecule has 0 bridgehead atoms. The van der Waals surface area contributed by atoms with E-state index in [1.165, 1.54) is 0 Å². The van der Waals surface area contributed by atoms with Crippen LogP contribution in [0.2, 0.25) is 0 Å². The summed E-state index contributed by atoms with van der Waals surface area (Å²) in [5, 5.41) is 1.86. The van der Waals surface area contributed by atoms with Crippen molar-refractivity contribution in [1.29, 1.82) is 0 Å². The van der Waals surface area contributed by atoms with Crippen molar-refractivity contribution >= 4 is 21.8 Å². The molecule has 4 aromatic heterocycles. The standard InChI is InChI=1S/C56H41N5O2.2Pd/c1-36(2)46-30-40(48-20-11-13-26-57-48)32-52(54(46)38-16-7-5-8-17-38)62-42-22-24-44-45-25-23-43(35-51(45)61(50(44)34-42)56-59-28-15-29-60-56)63-53-33-41(49-21-12-14-27-58-49)31-47(37(3)4)55(53)39-18-9-6-10-19-39;;/h5-31,36-37H,1-4H3;;/q-4;2*+2. The van der Waals surface area contributed by atoms with E-state index >= 15 is 0 Å². The fourth-order valence-corrected chi connectivity index (χ4v) is 8.12. The number of nitrogens with zero attached hydrogens (tertiary/aromatic N) is 5. The van der Waals surface area contributed by atoms with Gasteiger partial charge in [0.25, 0.3) is 0 Å². The molecule has 4 heterocycles. The number of fused-ring (bicyclic) bond motifs is 3. The molecule has 6 aromatic carbocycles. The van der Waals surface area contributed by atoms with Crippen molar-refractivity contribution in [3.05, 3.63) is 200 Å². The second-order valence-corrected chi connectivity index (χ2v) is 15.9. The van der Waals surface area contributed by atoms with E-state index in [0.717, 1.165) is 77.7 Å². The maximum atomic E-state index is 6.91. The molecule has 0 aliphatic carbocycles. The summed E-state index contributed by atoms with van der Waals surface area (Å²) in [7, 11) is 0. The third-order valence-corrected chi connectivity index (χ3v) is 11.1. The van der Waals surface area contributed by atoms with E-state index in [1.807, 2.05) is 89.5 Å². The average molecular weight is 1030 g/mol. The fourth-order valence-electron chi connectivity index (χ4n) is 8.12. The number of pyridine rings is 2. The molecule has 0 radical (unpaired) electrons. The maximum absolute atomic E-state index is 6.91. The fraction of sp³-hybridized carbons (Fsp3) is 0.107. The molecule has 0 unspecified atom stereocenters. The molecule has 65 heavy (non-hydrogen) atoms. The van der Waals surface area contributed by atoms with E-state index in [1.54, 1.807) is 30.9 Å². The van der Waals surface area contributed by atoms with Crippen LogP contribution in [0.4, 0.5) is 0 Å². The molecular formula is C56H41N5O2Pd2. The quantitative estimate of drug-likeness (QED) is 0.0949. The molecule has 10 aromatic rings. The Labute approximate surface area is 406 Å². The van der Waals surface area contributed by atoms with Gasteiger partial charge in [-0.2, -0.15) is 22.9 Å². The van der Waals surface area contributed by atoms with Gasteiger partial charge in [0, 0.05) is 47.8 Å². The third kappa shape index (κ3) is 9.07. The van der Waals surface area contributed by atoms with E-state index in [4.69, 9.17) is 19.4 Å². The van der Waals surface area contributed by atoms with Crippen LogP contribution in [0.1, 0.15) is 50.7 Å². The second-order valence-electron chi connectivity index (χ2n) is 15.9. The Morgan fingerprint density at radius 1 is 0.446 bits per heavy atom. The van der Waals surface area contributed by atoms with Crippen molar-refractivity contribution in [2.75, 3.05) is 0 Å². The molecule has 0 atom stereocenters. The molecule has 0 saturated carbocycles. The number of rotatable bonds is 11. The minimum atomic E-state index is 0. The predicted molar refractivity (Wildman–Crippen MR) is 250 cm³/mol. The minimum Gasteiger partial charge on any atom is -0.502 e. The summed E-state index contributed by atoms with van der Waals surface area (Å²) in [5.74, 6) is 3.03. The summed E-state index contributed by atoms with van der Waals surface area (Å²) >= 11 is 0. The van der Waals surface area contributed by atoms with Crippen molar-refractivity contribution in [3.63, 3.8) is 0 Å². The normalized spacial score (nSPS) is 11.1. The van der Waals surface area contributed by atoms with Gasteiger partial charge in [-0.15, -0.1) is 58.7 Å². The largest absolute Gasteiger partial charge is 2.00 e. The van der Waals surface area contributed by atoms with Gasteiger partial charge in [-0.1, -0.05) is 158 Å². The van der Waals surface area contributed by atoms with Crippen LogP contribution in [0.3, 0.4) is 0 Å². The summed E-state index contributed by atoms with van der Waals surface area (Å²) < 4.78 is 15.8. The van der Waals surface area contributed by atoms with Gasteiger partial charge in [-0.25, -0.2) is 9.97 Å². The molecule has 0 N–H and O–H groups in total. The molecule has 0 aliphatic rings. The van der Waals surface area contributed by atoms with E-state index in [2.05, 4.69) is 110 Å². The zero-order valence-electron chi connectivity index (χ0n) is 35.9. The maximum Gasteiger partial charge on any atom is 2.00 e. The Balaban J connectivity index is 0.00000288. The SMILES string of the molecule is CC(C)c1cc(-c2ccccn2)[c-]c(Oc2[c-]c3c(cc2)c2ccc(Oc4[c-]c(-c5ccccn5)cc(C(C)C)c4-c4ccccc4)[c-]c2n3-c2ncccn2)c1-c1ccccc1.[Pd+2].[Pd+2].